The minimum Gasteiger partial charge on any atom is -0.497 e. The second kappa shape index (κ2) is 6.09. The molecule has 20 heavy (non-hydrogen) atoms. The Hall–Kier alpha value is -1.81. The number of rotatable bonds is 4. The molecule has 2 aromatic rings. The first-order valence-electron chi connectivity index (χ1n) is 7.18. The molecule has 0 atom stereocenters. The van der Waals surface area contributed by atoms with E-state index in [-0.39, 0.29) is 0 Å². The van der Waals surface area contributed by atoms with Crippen molar-refractivity contribution >= 4 is 0 Å². The predicted molar refractivity (Wildman–Crippen MR) is 78.8 cm³/mol. The molecule has 1 fully saturated rings. The summed E-state index contributed by atoms with van der Waals surface area (Å²) in [7, 11) is 1.73. The van der Waals surface area contributed by atoms with Crippen molar-refractivity contribution in [3.8, 4) is 5.75 Å². The molecule has 1 aliphatic heterocycles. The van der Waals surface area contributed by atoms with Crippen molar-refractivity contribution in [1.29, 1.82) is 0 Å². The fourth-order valence-corrected chi connectivity index (χ4v) is 2.93. The molecule has 0 amide bonds. The third kappa shape index (κ3) is 3.02. The summed E-state index contributed by atoms with van der Waals surface area (Å²) in [6.07, 6.45) is 6.08. The molecule has 0 aliphatic carbocycles. The quantitative estimate of drug-likeness (QED) is 0.929. The van der Waals surface area contributed by atoms with Crippen molar-refractivity contribution in [3.05, 3.63) is 48.0 Å². The number of nitrogens with one attached hydrogen (secondary N) is 1. The molecule has 1 aliphatic rings. The first-order valence-corrected chi connectivity index (χ1v) is 7.18. The number of ether oxygens (including phenoxy) is 1. The molecule has 4 nitrogen and oxygen atoms in total. The summed E-state index contributed by atoms with van der Waals surface area (Å²) in [4.78, 5) is 9.74. The molecule has 0 radical (unpaired) electrons. The van der Waals surface area contributed by atoms with Gasteiger partial charge in [-0.25, -0.2) is 4.98 Å². The van der Waals surface area contributed by atoms with Crippen molar-refractivity contribution in [1.82, 2.24) is 14.9 Å². The fourth-order valence-electron chi connectivity index (χ4n) is 2.93. The van der Waals surface area contributed by atoms with Crippen LogP contribution in [0.2, 0.25) is 0 Å². The van der Waals surface area contributed by atoms with Gasteiger partial charge in [-0.15, -0.1) is 0 Å². The maximum absolute atomic E-state index is 5.32. The third-order valence-electron chi connectivity index (χ3n) is 4.10. The van der Waals surface area contributed by atoms with Gasteiger partial charge < -0.3 is 9.72 Å². The van der Waals surface area contributed by atoms with E-state index in [2.05, 4.69) is 33.1 Å². The SMILES string of the molecule is COc1cccc(C2CCN(Cc3cnc[nH]3)CC2)c1. The van der Waals surface area contributed by atoms with Gasteiger partial charge in [-0.3, -0.25) is 4.90 Å². The lowest BCUT2D eigenvalue weighted by atomic mass is 9.89. The number of benzene rings is 1. The maximum atomic E-state index is 5.32. The Morgan fingerprint density at radius 2 is 2.20 bits per heavy atom. The molecule has 0 spiro atoms. The van der Waals surface area contributed by atoms with E-state index in [9.17, 15) is 0 Å². The smallest absolute Gasteiger partial charge is 0.119 e. The average molecular weight is 271 g/mol. The Balaban J connectivity index is 1.57. The minimum atomic E-state index is 0.656. The number of imidazole rings is 1. The fraction of sp³-hybridized carbons (Fsp3) is 0.438. The molecule has 106 valence electrons. The number of likely N-dealkylation sites (tertiary alicyclic amines) is 1. The number of aromatic amines is 1. The number of hydrogen-bond acceptors (Lipinski definition) is 3. The summed E-state index contributed by atoms with van der Waals surface area (Å²) < 4.78 is 5.32. The van der Waals surface area contributed by atoms with Gasteiger partial charge in [-0.05, 0) is 49.5 Å². The van der Waals surface area contributed by atoms with Crippen LogP contribution in [0.1, 0.15) is 30.0 Å². The second-order valence-corrected chi connectivity index (χ2v) is 5.40. The lowest BCUT2D eigenvalue weighted by Gasteiger charge is -2.31. The molecule has 0 bridgehead atoms. The predicted octanol–water partition coefficient (Wildman–Crippen LogP) is 2.80. The zero-order chi connectivity index (χ0) is 13.8. The van der Waals surface area contributed by atoms with Crippen molar-refractivity contribution in [2.45, 2.75) is 25.3 Å². The van der Waals surface area contributed by atoms with E-state index in [1.807, 2.05) is 12.3 Å². The molecule has 1 N–H and O–H groups in total. The summed E-state index contributed by atoms with van der Waals surface area (Å²) >= 11 is 0. The van der Waals surface area contributed by atoms with Crippen LogP contribution in [0.3, 0.4) is 0 Å². The molecule has 0 saturated carbocycles. The Kier molecular flexibility index (Phi) is 4.02. The molecule has 1 aromatic heterocycles. The Labute approximate surface area is 119 Å². The van der Waals surface area contributed by atoms with Crippen LogP contribution >= 0.6 is 0 Å². The highest BCUT2D eigenvalue weighted by molar-refractivity contribution is 5.31. The zero-order valence-electron chi connectivity index (χ0n) is 11.9. The number of hydrogen-bond donors (Lipinski definition) is 1. The average Bonchev–Trinajstić information content (AvgIpc) is 3.01. The van der Waals surface area contributed by atoms with Crippen LogP contribution in [0.5, 0.6) is 5.75 Å². The maximum Gasteiger partial charge on any atom is 0.119 e. The molecule has 1 saturated heterocycles. The highest BCUT2D eigenvalue weighted by atomic mass is 16.5. The van der Waals surface area contributed by atoms with E-state index in [1.165, 1.54) is 24.1 Å². The molecule has 4 heteroatoms. The lowest BCUT2D eigenvalue weighted by Crippen LogP contribution is -2.32. The lowest BCUT2D eigenvalue weighted by molar-refractivity contribution is 0.202. The third-order valence-corrected chi connectivity index (χ3v) is 4.10. The number of nitrogens with zero attached hydrogens (tertiary/aromatic N) is 2. The van der Waals surface area contributed by atoms with Crippen LogP contribution in [0.4, 0.5) is 0 Å². The van der Waals surface area contributed by atoms with Crippen LogP contribution in [0.25, 0.3) is 0 Å². The van der Waals surface area contributed by atoms with Crippen molar-refractivity contribution in [2.24, 2.45) is 0 Å². The Morgan fingerprint density at radius 3 is 2.90 bits per heavy atom. The minimum absolute atomic E-state index is 0.656. The molecular weight excluding hydrogens is 250 g/mol. The van der Waals surface area contributed by atoms with Crippen LogP contribution in [-0.4, -0.2) is 35.1 Å². The van der Waals surface area contributed by atoms with Crippen molar-refractivity contribution in [2.75, 3.05) is 20.2 Å². The van der Waals surface area contributed by atoms with Crippen LogP contribution in [0.15, 0.2) is 36.8 Å². The van der Waals surface area contributed by atoms with Gasteiger partial charge in [0.15, 0.2) is 0 Å². The van der Waals surface area contributed by atoms with E-state index in [1.54, 1.807) is 13.4 Å². The van der Waals surface area contributed by atoms with Gasteiger partial charge in [0.2, 0.25) is 0 Å². The summed E-state index contributed by atoms with van der Waals surface area (Å²) in [5.41, 5.74) is 2.61. The highest BCUT2D eigenvalue weighted by Gasteiger charge is 2.21. The molecule has 3 rings (SSSR count). The molecule has 2 heterocycles. The van der Waals surface area contributed by atoms with Crippen molar-refractivity contribution < 1.29 is 4.74 Å². The van der Waals surface area contributed by atoms with Crippen molar-refractivity contribution in [3.63, 3.8) is 0 Å². The van der Waals surface area contributed by atoms with E-state index in [4.69, 9.17) is 4.74 Å². The van der Waals surface area contributed by atoms with Gasteiger partial charge in [0.1, 0.15) is 5.75 Å². The van der Waals surface area contributed by atoms with Gasteiger partial charge in [0.05, 0.1) is 13.4 Å². The van der Waals surface area contributed by atoms with Gasteiger partial charge in [0, 0.05) is 18.4 Å². The standard InChI is InChI=1S/C16H21N3O/c1-20-16-4-2-3-14(9-16)13-5-7-19(8-6-13)11-15-10-17-12-18-15/h2-4,9-10,12-13H,5-8,11H2,1H3,(H,17,18). The normalized spacial score (nSPS) is 17.2. The van der Waals surface area contributed by atoms with E-state index < -0.39 is 0 Å². The number of piperidine rings is 1. The van der Waals surface area contributed by atoms with Gasteiger partial charge in [0.25, 0.3) is 0 Å². The summed E-state index contributed by atoms with van der Waals surface area (Å²) in [5.74, 6) is 1.62. The van der Waals surface area contributed by atoms with Crippen LogP contribution < -0.4 is 4.74 Å². The largest absolute Gasteiger partial charge is 0.497 e. The Morgan fingerprint density at radius 1 is 1.35 bits per heavy atom. The molecule has 0 unspecified atom stereocenters. The van der Waals surface area contributed by atoms with Crippen LogP contribution in [0, 0.1) is 0 Å². The number of methoxy groups -OCH3 is 1. The summed E-state index contributed by atoms with van der Waals surface area (Å²) in [6, 6.07) is 8.50. The van der Waals surface area contributed by atoms with E-state index in [0.717, 1.165) is 25.4 Å². The first-order chi connectivity index (χ1) is 9.85. The van der Waals surface area contributed by atoms with Crippen LogP contribution in [-0.2, 0) is 6.54 Å². The van der Waals surface area contributed by atoms with Gasteiger partial charge in [-0.1, -0.05) is 12.1 Å². The monoisotopic (exact) mass is 271 g/mol. The summed E-state index contributed by atoms with van der Waals surface area (Å²) in [6.45, 7) is 3.26. The Bertz CT molecular complexity index is 530. The molecule has 1 aromatic carbocycles. The van der Waals surface area contributed by atoms with E-state index in [0.29, 0.717) is 5.92 Å². The number of H-pyrrole nitrogens is 1. The van der Waals surface area contributed by atoms with Gasteiger partial charge in [-0.2, -0.15) is 0 Å². The topological polar surface area (TPSA) is 41.1 Å². The highest BCUT2D eigenvalue weighted by Crippen LogP contribution is 2.30. The summed E-state index contributed by atoms with van der Waals surface area (Å²) in [5, 5.41) is 0. The first kappa shape index (κ1) is 13.2. The van der Waals surface area contributed by atoms with Gasteiger partial charge >= 0.3 is 0 Å². The zero-order valence-corrected chi connectivity index (χ0v) is 11.9. The second-order valence-electron chi connectivity index (χ2n) is 5.40. The number of aromatic nitrogens is 2. The molecular formula is C16H21N3O. The van der Waals surface area contributed by atoms with E-state index >= 15 is 0 Å².